The van der Waals surface area contributed by atoms with Crippen LogP contribution in [0, 0.1) is 5.82 Å². The molecular formula is C13H15BrFNO2. The number of nitrogens with one attached hydrogen (secondary N) is 1. The average Bonchev–Trinajstić information content (AvgIpc) is 2.78. The van der Waals surface area contributed by atoms with Gasteiger partial charge in [-0.05, 0) is 40.9 Å². The molecule has 0 radical (unpaired) electrons. The standard InChI is InChI=1S/C13H15BrFNO2/c14-9-4-3-5-10(15)11(9)12(18)16-13(8-17)6-1-2-7-13/h3-5,17H,1-2,6-8H2,(H,16,18). The zero-order valence-corrected chi connectivity index (χ0v) is 11.5. The van der Waals surface area contributed by atoms with Crippen LogP contribution in [-0.4, -0.2) is 23.2 Å². The van der Waals surface area contributed by atoms with Crippen LogP contribution in [0.4, 0.5) is 4.39 Å². The summed E-state index contributed by atoms with van der Waals surface area (Å²) in [6.07, 6.45) is 3.42. The lowest BCUT2D eigenvalue weighted by Gasteiger charge is -2.28. The Kier molecular flexibility index (Phi) is 4.02. The second-order valence-corrected chi connectivity index (χ2v) is 5.55. The first kappa shape index (κ1) is 13.5. The van der Waals surface area contributed by atoms with Gasteiger partial charge in [-0.2, -0.15) is 0 Å². The molecule has 2 rings (SSSR count). The number of amides is 1. The number of aliphatic hydroxyl groups is 1. The Morgan fingerprint density at radius 3 is 2.67 bits per heavy atom. The lowest BCUT2D eigenvalue weighted by Crippen LogP contribution is -2.49. The number of carbonyl (C=O) groups excluding carboxylic acids is 1. The van der Waals surface area contributed by atoms with Gasteiger partial charge in [-0.15, -0.1) is 0 Å². The predicted octanol–water partition coefficient (Wildman–Crippen LogP) is 2.62. The molecule has 0 saturated heterocycles. The molecule has 18 heavy (non-hydrogen) atoms. The highest BCUT2D eigenvalue weighted by Crippen LogP contribution is 2.30. The molecule has 0 bridgehead atoms. The maximum atomic E-state index is 13.7. The van der Waals surface area contributed by atoms with Gasteiger partial charge in [0.05, 0.1) is 17.7 Å². The van der Waals surface area contributed by atoms with E-state index < -0.39 is 17.3 Å². The molecule has 1 aromatic rings. The van der Waals surface area contributed by atoms with Crippen molar-refractivity contribution in [3.8, 4) is 0 Å². The van der Waals surface area contributed by atoms with Crippen LogP contribution < -0.4 is 5.32 Å². The molecule has 1 aliphatic carbocycles. The molecule has 0 atom stereocenters. The van der Waals surface area contributed by atoms with E-state index >= 15 is 0 Å². The van der Waals surface area contributed by atoms with E-state index in [-0.39, 0.29) is 12.2 Å². The lowest BCUT2D eigenvalue weighted by molar-refractivity contribution is 0.0833. The summed E-state index contributed by atoms with van der Waals surface area (Å²) in [6, 6.07) is 4.41. The second-order valence-electron chi connectivity index (χ2n) is 4.70. The molecule has 0 spiro atoms. The van der Waals surface area contributed by atoms with Gasteiger partial charge in [0, 0.05) is 4.47 Å². The molecule has 5 heteroatoms. The molecular weight excluding hydrogens is 301 g/mol. The van der Waals surface area contributed by atoms with Crippen molar-refractivity contribution in [1.29, 1.82) is 0 Å². The maximum Gasteiger partial charge on any atom is 0.255 e. The summed E-state index contributed by atoms with van der Waals surface area (Å²) < 4.78 is 14.1. The van der Waals surface area contributed by atoms with Crippen molar-refractivity contribution in [1.82, 2.24) is 5.32 Å². The Labute approximate surface area is 114 Å². The fourth-order valence-corrected chi connectivity index (χ4v) is 2.91. The summed E-state index contributed by atoms with van der Waals surface area (Å²) in [7, 11) is 0. The molecule has 0 aromatic heterocycles. The van der Waals surface area contributed by atoms with Gasteiger partial charge < -0.3 is 10.4 Å². The van der Waals surface area contributed by atoms with Crippen LogP contribution in [0.25, 0.3) is 0 Å². The van der Waals surface area contributed by atoms with Crippen molar-refractivity contribution < 1.29 is 14.3 Å². The highest BCUT2D eigenvalue weighted by molar-refractivity contribution is 9.10. The fourth-order valence-electron chi connectivity index (χ4n) is 2.39. The Hall–Kier alpha value is -0.940. The average molecular weight is 316 g/mol. The Morgan fingerprint density at radius 1 is 1.44 bits per heavy atom. The highest BCUT2D eigenvalue weighted by atomic mass is 79.9. The van der Waals surface area contributed by atoms with Crippen molar-refractivity contribution in [3.63, 3.8) is 0 Å². The first-order valence-electron chi connectivity index (χ1n) is 5.95. The summed E-state index contributed by atoms with van der Waals surface area (Å²) in [4.78, 5) is 12.1. The smallest absolute Gasteiger partial charge is 0.255 e. The first-order valence-corrected chi connectivity index (χ1v) is 6.75. The van der Waals surface area contributed by atoms with Crippen LogP contribution in [0.15, 0.2) is 22.7 Å². The quantitative estimate of drug-likeness (QED) is 0.901. The zero-order chi connectivity index (χ0) is 13.2. The second kappa shape index (κ2) is 5.36. The molecule has 1 amide bonds. The molecule has 0 unspecified atom stereocenters. The van der Waals surface area contributed by atoms with Gasteiger partial charge in [-0.1, -0.05) is 18.9 Å². The molecule has 1 saturated carbocycles. The molecule has 98 valence electrons. The van der Waals surface area contributed by atoms with E-state index in [2.05, 4.69) is 21.2 Å². The van der Waals surface area contributed by atoms with Crippen LogP contribution in [0.2, 0.25) is 0 Å². The van der Waals surface area contributed by atoms with Crippen molar-refractivity contribution in [3.05, 3.63) is 34.1 Å². The summed E-state index contributed by atoms with van der Waals surface area (Å²) in [5.41, 5.74) is -0.587. The lowest BCUT2D eigenvalue weighted by atomic mass is 9.98. The minimum Gasteiger partial charge on any atom is -0.394 e. The number of hydrogen-bond donors (Lipinski definition) is 2. The highest BCUT2D eigenvalue weighted by Gasteiger charge is 2.35. The van der Waals surface area contributed by atoms with Gasteiger partial charge in [0.2, 0.25) is 0 Å². The van der Waals surface area contributed by atoms with Crippen molar-refractivity contribution in [2.75, 3.05) is 6.61 Å². The van der Waals surface area contributed by atoms with Gasteiger partial charge >= 0.3 is 0 Å². The number of rotatable bonds is 3. The Morgan fingerprint density at radius 2 is 2.11 bits per heavy atom. The Balaban J connectivity index is 2.22. The van der Waals surface area contributed by atoms with E-state index in [4.69, 9.17) is 0 Å². The third kappa shape index (κ3) is 2.57. The number of benzene rings is 1. The van der Waals surface area contributed by atoms with Gasteiger partial charge in [-0.3, -0.25) is 4.79 Å². The summed E-state index contributed by atoms with van der Waals surface area (Å²) in [5.74, 6) is -1.04. The SMILES string of the molecule is O=C(NC1(CO)CCCC1)c1c(F)cccc1Br. The molecule has 0 aliphatic heterocycles. The molecule has 2 N–H and O–H groups in total. The molecule has 3 nitrogen and oxygen atoms in total. The number of carbonyl (C=O) groups is 1. The van der Waals surface area contributed by atoms with E-state index in [0.717, 1.165) is 25.7 Å². The molecule has 1 aromatic carbocycles. The van der Waals surface area contributed by atoms with Gasteiger partial charge in [0.1, 0.15) is 5.82 Å². The van der Waals surface area contributed by atoms with Crippen LogP contribution >= 0.6 is 15.9 Å². The van der Waals surface area contributed by atoms with Gasteiger partial charge in [0.15, 0.2) is 0 Å². The number of aliphatic hydroxyl groups excluding tert-OH is 1. The summed E-state index contributed by atoms with van der Waals surface area (Å²) in [6.45, 7) is -0.106. The van der Waals surface area contributed by atoms with Crippen LogP contribution in [0.3, 0.4) is 0 Å². The number of halogens is 2. The van der Waals surface area contributed by atoms with Crippen molar-refractivity contribution >= 4 is 21.8 Å². The topological polar surface area (TPSA) is 49.3 Å². The first-order chi connectivity index (χ1) is 8.58. The predicted molar refractivity (Wildman–Crippen MR) is 69.9 cm³/mol. The minimum absolute atomic E-state index is 0.00257. The summed E-state index contributed by atoms with van der Waals surface area (Å²) in [5, 5.41) is 12.2. The van der Waals surface area contributed by atoms with Gasteiger partial charge in [0.25, 0.3) is 5.91 Å². The van der Waals surface area contributed by atoms with Crippen LogP contribution in [0.5, 0.6) is 0 Å². The maximum absolute atomic E-state index is 13.7. The molecule has 0 heterocycles. The molecule has 1 fully saturated rings. The van der Waals surface area contributed by atoms with E-state index in [1.807, 2.05) is 0 Å². The zero-order valence-electron chi connectivity index (χ0n) is 9.88. The van der Waals surface area contributed by atoms with E-state index in [9.17, 15) is 14.3 Å². The van der Waals surface area contributed by atoms with Crippen LogP contribution in [-0.2, 0) is 0 Å². The monoisotopic (exact) mass is 315 g/mol. The van der Waals surface area contributed by atoms with Crippen molar-refractivity contribution in [2.45, 2.75) is 31.2 Å². The van der Waals surface area contributed by atoms with Crippen LogP contribution in [0.1, 0.15) is 36.0 Å². The third-order valence-electron chi connectivity index (χ3n) is 3.43. The largest absolute Gasteiger partial charge is 0.394 e. The Bertz CT molecular complexity index is 438. The fraction of sp³-hybridized carbons (Fsp3) is 0.462. The van der Waals surface area contributed by atoms with E-state index in [0.29, 0.717) is 4.47 Å². The molecule has 1 aliphatic rings. The number of hydrogen-bond acceptors (Lipinski definition) is 2. The van der Waals surface area contributed by atoms with Gasteiger partial charge in [-0.25, -0.2) is 4.39 Å². The van der Waals surface area contributed by atoms with E-state index in [1.165, 1.54) is 12.1 Å². The van der Waals surface area contributed by atoms with Crippen molar-refractivity contribution in [2.24, 2.45) is 0 Å². The third-order valence-corrected chi connectivity index (χ3v) is 4.09. The minimum atomic E-state index is -0.585. The summed E-state index contributed by atoms with van der Waals surface area (Å²) >= 11 is 3.17. The van der Waals surface area contributed by atoms with E-state index in [1.54, 1.807) is 6.07 Å². The normalized spacial score (nSPS) is 17.7.